The van der Waals surface area contributed by atoms with Crippen LogP contribution in [0.15, 0.2) is 0 Å². The third-order valence-electron chi connectivity index (χ3n) is 5.12. The van der Waals surface area contributed by atoms with Crippen molar-refractivity contribution in [3.05, 3.63) is 0 Å². The zero-order valence-corrected chi connectivity index (χ0v) is 12.5. The number of piperazine rings is 1. The lowest BCUT2D eigenvalue weighted by molar-refractivity contribution is 0.0402. The van der Waals surface area contributed by atoms with Crippen LogP contribution in [0.3, 0.4) is 0 Å². The van der Waals surface area contributed by atoms with Gasteiger partial charge in [0, 0.05) is 45.3 Å². The number of nitrogens with zero attached hydrogens (tertiary/aromatic N) is 2. The van der Waals surface area contributed by atoms with E-state index >= 15 is 0 Å². The first-order chi connectivity index (χ1) is 8.25. The van der Waals surface area contributed by atoms with Crippen LogP contribution in [0.2, 0.25) is 0 Å². The largest absolute Gasteiger partial charge is 0.315 e. The van der Waals surface area contributed by atoms with Gasteiger partial charge in [0.15, 0.2) is 0 Å². The van der Waals surface area contributed by atoms with Crippen molar-refractivity contribution in [2.45, 2.75) is 38.6 Å². The van der Waals surface area contributed by atoms with E-state index in [2.05, 4.69) is 22.0 Å². The van der Waals surface area contributed by atoms with Gasteiger partial charge in [0.25, 0.3) is 0 Å². The molecule has 0 aromatic carbocycles. The van der Waals surface area contributed by atoms with Gasteiger partial charge in [-0.3, -0.25) is 4.90 Å². The number of halogens is 1. The standard InChI is InChI=1S/C14H27N3.ClH/c1-14(4-2-5-14)12-16-7-9-17(10-8-16)13-3-6-15-11-13;/h13,15H,2-12H2,1H3;1H. The van der Waals surface area contributed by atoms with E-state index in [1.54, 1.807) is 0 Å². The third-order valence-corrected chi connectivity index (χ3v) is 5.12. The molecule has 106 valence electrons. The van der Waals surface area contributed by atoms with Gasteiger partial charge in [-0.15, -0.1) is 12.4 Å². The van der Waals surface area contributed by atoms with Crippen molar-refractivity contribution in [1.29, 1.82) is 0 Å². The minimum Gasteiger partial charge on any atom is -0.315 e. The first-order valence-electron chi connectivity index (χ1n) is 7.42. The summed E-state index contributed by atoms with van der Waals surface area (Å²) in [5.74, 6) is 0. The lowest BCUT2D eigenvalue weighted by atomic mass is 9.70. The van der Waals surface area contributed by atoms with Gasteiger partial charge in [0.05, 0.1) is 0 Å². The lowest BCUT2D eigenvalue weighted by Gasteiger charge is -2.45. The monoisotopic (exact) mass is 273 g/mol. The summed E-state index contributed by atoms with van der Waals surface area (Å²) in [5, 5.41) is 3.48. The van der Waals surface area contributed by atoms with Crippen LogP contribution in [0.1, 0.15) is 32.6 Å². The summed E-state index contributed by atoms with van der Waals surface area (Å²) in [5.41, 5.74) is 0.664. The Morgan fingerprint density at radius 3 is 2.39 bits per heavy atom. The summed E-state index contributed by atoms with van der Waals surface area (Å²) >= 11 is 0. The van der Waals surface area contributed by atoms with Gasteiger partial charge in [-0.1, -0.05) is 13.3 Å². The highest BCUT2D eigenvalue weighted by atomic mass is 35.5. The SMILES string of the molecule is CC1(CN2CCN(C3CCNC3)CC2)CCC1.Cl. The maximum Gasteiger partial charge on any atom is 0.0233 e. The average molecular weight is 274 g/mol. The summed E-state index contributed by atoms with van der Waals surface area (Å²) in [6, 6.07) is 0.830. The Bertz CT molecular complexity index is 254. The van der Waals surface area contributed by atoms with Gasteiger partial charge >= 0.3 is 0 Å². The Labute approximate surface area is 118 Å². The smallest absolute Gasteiger partial charge is 0.0233 e. The fraction of sp³-hybridized carbons (Fsp3) is 1.00. The summed E-state index contributed by atoms with van der Waals surface area (Å²) < 4.78 is 0. The second kappa shape index (κ2) is 6.08. The van der Waals surface area contributed by atoms with E-state index in [4.69, 9.17) is 0 Å². The van der Waals surface area contributed by atoms with E-state index in [0.717, 1.165) is 6.04 Å². The Balaban J connectivity index is 0.00000120. The molecule has 3 rings (SSSR count). The summed E-state index contributed by atoms with van der Waals surface area (Å²) in [6.45, 7) is 11.5. The summed E-state index contributed by atoms with van der Waals surface area (Å²) in [4.78, 5) is 5.41. The average Bonchev–Trinajstić information content (AvgIpc) is 2.81. The van der Waals surface area contributed by atoms with Crippen LogP contribution in [-0.2, 0) is 0 Å². The fourth-order valence-electron chi connectivity index (χ4n) is 3.72. The number of rotatable bonds is 3. The van der Waals surface area contributed by atoms with E-state index in [0.29, 0.717) is 5.41 Å². The molecule has 1 saturated carbocycles. The highest BCUT2D eigenvalue weighted by Gasteiger charge is 2.35. The van der Waals surface area contributed by atoms with Gasteiger partial charge in [-0.2, -0.15) is 0 Å². The van der Waals surface area contributed by atoms with Gasteiger partial charge in [-0.25, -0.2) is 0 Å². The molecule has 18 heavy (non-hydrogen) atoms. The zero-order valence-electron chi connectivity index (χ0n) is 11.7. The third kappa shape index (κ3) is 3.19. The minimum atomic E-state index is 0. The maximum atomic E-state index is 3.48. The maximum absolute atomic E-state index is 3.48. The fourth-order valence-corrected chi connectivity index (χ4v) is 3.72. The summed E-state index contributed by atoms with van der Waals surface area (Å²) in [6.07, 6.45) is 5.74. The van der Waals surface area contributed by atoms with Crippen LogP contribution in [0.5, 0.6) is 0 Å². The molecule has 0 spiro atoms. The first kappa shape index (κ1) is 14.6. The molecule has 0 radical (unpaired) electrons. The van der Waals surface area contributed by atoms with Crippen molar-refractivity contribution >= 4 is 12.4 Å². The highest BCUT2D eigenvalue weighted by molar-refractivity contribution is 5.85. The lowest BCUT2D eigenvalue weighted by Crippen LogP contribution is -2.53. The van der Waals surface area contributed by atoms with Crippen LogP contribution in [0, 0.1) is 5.41 Å². The number of hydrogen-bond acceptors (Lipinski definition) is 3. The molecule has 0 bridgehead atoms. The highest BCUT2D eigenvalue weighted by Crippen LogP contribution is 2.40. The van der Waals surface area contributed by atoms with Crippen LogP contribution in [-0.4, -0.2) is 61.7 Å². The molecule has 1 N–H and O–H groups in total. The molecule has 4 heteroatoms. The molecule has 3 fully saturated rings. The molecule has 2 heterocycles. The van der Waals surface area contributed by atoms with Gasteiger partial charge in [0.1, 0.15) is 0 Å². The molecular weight excluding hydrogens is 246 g/mol. The van der Waals surface area contributed by atoms with E-state index in [1.807, 2.05) is 0 Å². The second-order valence-electron chi connectivity index (χ2n) is 6.62. The van der Waals surface area contributed by atoms with Crippen molar-refractivity contribution in [2.24, 2.45) is 5.41 Å². The van der Waals surface area contributed by atoms with Crippen molar-refractivity contribution in [1.82, 2.24) is 15.1 Å². The molecule has 3 aliphatic rings. The first-order valence-corrected chi connectivity index (χ1v) is 7.42. The van der Waals surface area contributed by atoms with Crippen LogP contribution >= 0.6 is 12.4 Å². The molecule has 2 saturated heterocycles. The van der Waals surface area contributed by atoms with E-state index in [1.165, 1.54) is 71.5 Å². The topological polar surface area (TPSA) is 18.5 Å². The molecule has 0 aromatic heterocycles. The minimum absolute atomic E-state index is 0. The van der Waals surface area contributed by atoms with Gasteiger partial charge < -0.3 is 10.2 Å². The number of nitrogens with one attached hydrogen (secondary N) is 1. The van der Waals surface area contributed by atoms with Crippen molar-refractivity contribution in [2.75, 3.05) is 45.8 Å². The Morgan fingerprint density at radius 1 is 1.17 bits per heavy atom. The second-order valence-corrected chi connectivity index (χ2v) is 6.62. The molecule has 3 nitrogen and oxygen atoms in total. The van der Waals surface area contributed by atoms with Gasteiger partial charge in [-0.05, 0) is 31.2 Å². The Hall–Kier alpha value is 0.170. The predicted octanol–water partition coefficient (Wildman–Crippen LogP) is 1.58. The van der Waals surface area contributed by atoms with Crippen molar-refractivity contribution in [3.8, 4) is 0 Å². The quantitative estimate of drug-likeness (QED) is 0.842. The van der Waals surface area contributed by atoms with Crippen LogP contribution in [0.4, 0.5) is 0 Å². The molecule has 1 aliphatic carbocycles. The summed E-state index contributed by atoms with van der Waals surface area (Å²) in [7, 11) is 0. The van der Waals surface area contributed by atoms with Crippen molar-refractivity contribution in [3.63, 3.8) is 0 Å². The Kier molecular flexibility index (Phi) is 4.92. The van der Waals surface area contributed by atoms with Crippen LogP contribution in [0.25, 0.3) is 0 Å². The van der Waals surface area contributed by atoms with E-state index in [9.17, 15) is 0 Å². The zero-order chi connectivity index (χ0) is 11.7. The Morgan fingerprint density at radius 2 is 1.89 bits per heavy atom. The van der Waals surface area contributed by atoms with Gasteiger partial charge in [0.2, 0.25) is 0 Å². The predicted molar refractivity (Wildman–Crippen MR) is 78.5 cm³/mol. The molecule has 1 atom stereocenters. The van der Waals surface area contributed by atoms with Crippen molar-refractivity contribution < 1.29 is 0 Å². The number of hydrogen-bond donors (Lipinski definition) is 1. The molecular formula is C14H28ClN3. The van der Waals surface area contributed by atoms with E-state index in [-0.39, 0.29) is 12.4 Å². The molecule has 1 unspecified atom stereocenters. The molecule has 0 aromatic rings. The van der Waals surface area contributed by atoms with Crippen LogP contribution < -0.4 is 5.32 Å². The molecule has 2 aliphatic heterocycles. The normalized spacial score (nSPS) is 32.8. The molecule has 0 amide bonds. The van der Waals surface area contributed by atoms with E-state index < -0.39 is 0 Å².